The third-order valence-electron chi connectivity index (χ3n) is 4.19. The van der Waals surface area contributed by atoms with Crippen molar-refractivity contribution in [2.45, 2.75) is 13.5 Å². The van der Waals surface area contributed by atoms with Crippen LogP contribution in [0.3, 0.4) is 0 Å². The van der Waals surface area contributed by atoms with E-state index >= 15 is 0 Å². The minimum atomic E-state index is -0.274. The summed E-state index contributed by atoms with van der Waals surface area (Å²) in [5.41, 5.74) is 8.67. The highest BCUT2D eigenvalue weighted by Crippen LogP contribution is 2.32. The van der Waals surface area contributed by atoms with Gasteiger partial charge in [0.1, 0.15) is 11.6 Å². The van der Waals surface area contributed by atoms with Crippen LogP contribution in [0.25, 0.3) is 0 Å². The molecule has 0 saturated carbocycles. The number of halogens is 2. The average Bonchev–Trinajstić information content (AvgIpc) is 3.02. The lowest BCUT2D eigenvalue weighted by Gasteiger charge is -2.13. The number of rotatable bonds is 4. The predicted octanol–water partition coefficient (Wildman–Crippen LogP) is 3.66. The molecule has 0 fully saturated rings. The zero-order valence-corrected chi connectivity index (χ0v) is 15.4. The molecule has 0 aromatic heterocycles. The molecule has 1 heterocycles. The Kier molecular flexibility index (Phi) is 5.42. The Balaban J connectivity index is 1.81. The number of ether oxygens (including phenoxy) is 1. The summed E-state index contributed by atoms with van der Waals surface area (Å²) in [6.07, 6.45) is 0. The number of nitrogens with two attached hydrogens (primary N) is 1. The monoisotopic (exact) mass is 374 g/mol. The number of hydrazone groups is 1. The molecule has 0 spiro atoms. The van der Waals surface area contributed by atoms with Crippen molar-refractivity contribution < 1.29 is 9.13 Å². The van der Waals surface area contributed by atoms with Crippen LogP contribution in [0.15, 0.2) is 52.6 Å². The van der Waals surface area contributed by atoms with Gasteiger partial charge in [-0.3, -0.25) is 0 Å². The normalized spacial score (nSPS) is 17.4. The molecule has 0 bridgehead atoms. The molecule has 0 radical (unpaired) electrons. The second kappa shape index (κ2) is 7.74. The smallest absolute Gasteiger partial charge is 0.212 e. The first-order valence-corrected chi connectivity index (χ1v) is 8.60. The van der Waals surface area contributed by atoms with E-state index in [0.29, 0.717) is 29.8 Å². The quantitative estimate of drug-likeness (QED) is 0.656. The van der Waals surface area contributed by atoms with Gasteiger partial charge in [0.15, 0.2) is 0 Å². The molecular formula is C19H20ClFN4O. The Bertz CT molecular complexity index is 851. The van der Waals surface area contributed by atoms with Crippen molar-refractivity contribution in [3.05, 3.63) is 64.4 Å². The van der Waals surface area contributed by atoms with E-state index in [0.717, 1.165) is 16.8 Å². The van der Waals surface area contributed by atoms with Gasteiger partial charge in [0.2, 0.25) is 5.96 Å². The molecule has 2 N–H and O–H groups in total. The fourth-order valence-electron chi connectivity index (χ4n) is 2.84. The van der Waals surface area contributed by atoms with Crippen LogP contribution < -0.4 is 10.5 Å². The van der Waals surface area contributed by atoms with Crippen LogP contribution in [0.5, 0.6) is 5.75 Å². The molecule has 1 unspecified atom stereocenters. The van der Waals surface area contributed by atoms with Crippen LogP contribution in [-0.4, -0.2) is 30.3 Å². The number of benzene rings is 2. The van der Waals surface area contributed by atoms with Crippen LogP contribution in [0.1, 0.15) is 18.1 Å². The Morgan fingerprint density at radius 3 is 2.77 bits per heavy atom. The molecule has 1 aliphatic heterocycles. The van der Waals surface area contributed by atoms with Crippen molar-refractivity contribution in [3.8, 4) is 5.75 Å². The van der Waals surface area contributed by atoms with E-state index in [4.69, 9.17) is 22.1 Å². The van der Waals surface area contributed by atoms with Crippen molar-refractivity contribution >= 4 is 23.3 Å². The van der Waals surface area contributed by atoms with Crippen molar-refractivity contribution in [3.63, 3.8) is 0 Å². The summed E-state index contributed by atoms with van der Waals surface area (Å²) < 4.78 is 18.4. The molecule has 7 heteroatoms. The molecule has 26 heavy (non-hydrogen) atoms. The molecular weight excluding hydrogens is 355 g/mol. The Morgan fingerprint density at radius 2 is 2.08 bits per heavy atom. The molecule has 0 aliphatic carbocycles. The van der Waals surface area contributed by atoms with Crippen LogP contribution in [0, 0.1) is 11.7 Å². The van der Waals surface area contributed by atoms with Gasteiger partial charge in [-0.25, -0.2) is 14.4 Å². The van der Waals surface area contributed by atoms with Gasteiger partial charge in [-0.15, -0.1) is 0 Å². The third-order valence-corrected chi connectivity index (χ3v) is 4.49. The van der Waals surface area contributed by atoms with Gasteiger partial charge in [0.05, 0.1) is 30.9 Å². The number of hydrogen-bond donors (Lipinski definition) is 1. The van der Waals surface area contributed by atoms with Crippen LogP contribution in [0.4, 0.5) is 4.39 Å². The number of hydrogen-bond acceptors (Lipinski definition) is 3. The highest BCUT2D eigenvalue weighted by Gasteiger charge is 2.28. The maximum atomic E-state index is 13.0. The predicted molar refractivity (Wildman–Crippen MR) is 102 cm³/mol. The van der Waals surface area contributed by atoms with Gasteiger partial charge >= 0.3 is 0 Å². The minimum absolute atomic E-state index is 0.141. The van der Waals surface area contributed by atoms with E-state index in [-0.39, 0.29) is 11.7 Å². The van der Waals surface area contributed by atoms with Crippen molar-refractivity contribution in [2.24, 2.45) is 21.7 Å². The van der Waals surface area contributed by atoms with E-state index in [9.17, 15) is 4.39 Å². The molecule has 5 nitrogen and oxygen atoms in total. The van der Waals surface area contributed by atoms with E-state index in [2.05, 4.69) is 17.0 Å². The summed E-state index contributed by atoms with van der Waals surface area (Å²) in [6, 6.07) is 11.7. The topological polar surface area (TPSA) is 63.2 Å². The first kappa shape index (κ1) is 18.2. The molecule has 2 aromatic carbocycles. The lowest BCUT2D eigenvalue weighted by Crippen LogP contribution is -2.32. The molecule has 0 saturated heterocycles. The first-order chi connectivity index (χ1) is 12.5. The summed E-state index contributed by atoms with van der Waals surface area (Å²) in [7, 11) is 1.58. The summed E-state index contributed by atoms with van der Waals surface area (Å²) in [4.78, 5) is 4.36. The molecule has 0 amide bonds. The van der Waals surface area contributed by atoms with Gasteiger partial charge in [-0.05, 0) is 29.8 Å². The molecule has 1 aliphatic rings. The van der Waals surface area contributed by atoms with E-state index < -0.39 is 0 Å². The largest absolute Gasteiger partial charge is 0.494 e. The standard InChI is InChI=1S/C19H20ClFN4O/c1-12-11-25(19(22)23-10-13-6-8-14(21)9-7-13)24-17(12)15-4-3-5-16(20)18(15)26-2/h3-9,12H,10-11H2,1-2H3,(H2,22,23). The van der Waals surface area contributed by atoms with Crippen molar-refractivity contribution in [1.29, 1.82) is 0 Å². The van der Waals surface area contributed by atoms with Crippen molar-refractivity contribution in [2.75, 3.05) is 13.7 Å². The average molecular weight is 375 g/mol. The first-order valence-electron chi connectivity index (χ1n) is 8.23. The van der Waals surface area contributed by atoms with Gasteiger partial charge in [-0.1, -0.05) is 36.7 Å². The number of nitrogens with zero attached hydrogens (tertiary/aromatic N) is 3. The maximum absolute atomic E-state index is 13.0. The third kappa shape index (κ3) is 3.80. The number of methoxy groups -OCH3 is 1. The number of para-hydroxylation sites is 1. The molecule has 136 valence electrons. The van der Waals surface area contributed by atoms with E-state index in [1.807, 2.05) is 12.1 Å². The molecule has 1 atom stereocenters. The zero-order chi connectivity index (χ0) is 18.7. The van der Waals surface area contributed by atoms with Gasteiger partial charge in [0, 0.05) is 11.5 Å². The zero-order valence-electron chi connectivity index (χ0n) is 14.6. The van der Waals surface area contributed by atoms with E-state index in [1.165, 1.54) is 12.1 Å². The highest BCUT2D eigenvalue weighted by atomic mass is 35.5. The fourth-order valence-corrected chi connectivity index (χ4v) is 3.09. The highest BCUT2D eigenvalue weighted by molar-refractivity contribution is 6.32. The van der Waals surface area contributed by atoms with Crippen LogP contribution in [0.2, 0.25) is 5.02 Å². The summed E-state index contributed by atoms with van der Waals surface area (Å²) in [5.74, 6) is 0.784. The van der Waals surface area contributed by atoms with E-state index in [1.54, 1.807) is 30.3 Å². The minimum Gasteiger partial charge on any atom is -0.494 e. The summed E-state index contributed by atoms with van der Waals surface area (Å²) in [5, 5.41) is 6.82. The number of guanidine groups is 1. The fraction of sp³-hybridized carbons (Fsp3) is 0.263. The van der Waals surface area contributed by atoms with Gasteiger partial charge in [0.25, 0.3) is 0 Å². The van der Waals surface area contributed by atoms with Gasteiger partial charge < -0.3 is 10.5 Å². The van der Waals surface area contributed by atoms with Crippen LogP contribution in [-0.2, 0) is 6.54 Å². The maximum Gasteiger partial charge on any atom is 0.212 e. The lowest BCUT2D eigenvalue weighted by atomic mass is 9.98. The Labute approximate surface area is 156 Å². The number of aliphatic imine (C=N–C) groups is 1. The Morgan fingerprint density at radius 1 is 1.35 bits per heavy atom. The molecule has 3 rings (SSSR count). The second-order valence-electron chi connectivity index (χ2n) is 6.09. The summed E-state index contributed by atoms with van der Waals surface area (Å²) >= 11 is 6.21. The second-order valence-corrected chi connectivity index (χ2v) is 6.50. The van der Waals surface area contributed by atoms with Crippen molar-refractivity contribution in [1.82, 2.24) is 5.01 Å². The van der Waals surface area contributed by atoms with Gasteiger partial charge in [-0.2, -0.15) is 5.10 Å². The van der Waals surface area contributed by atoms with Crippen LogP contribution >= 0.6 is 11.6 Å². The Hall–Kier alpha value is -2.60. The summed E-state index contributed by atoms with van der Waals surface area (Å²) in [6.45, 7) is 3.04. The SMILES string of the molecule is COc1c(Cl)cccc1C1=NN(C(N)=NCc2ccc(F)cc2)CC1C. The molecule has 2 aromatic rings. The lowest BCUT2D eigenvalue weighted by molar-refractivity contribution is 0.414.